The molecule has 1 saturated heterocycles. The number of morpholine rings is 1. The average Bonchev–Trinajstić information content (AvgIpc) is 3.03. The minimum absolute atomic E-state index is 0.328. The molecule has 0 bridgehead atoms. The first-order valence-corrected chi connectivity index (χ1v) is 18.0. The lowest BCUT2D eigenvalue weighted by Crippen LogP contribution is -2.41. The lowest BCUT2D eigenvalue weighted by molar-refractivity contribution is -0.180. The number of aryl methyl sites for hydroxylation is 1. The lowest BCUT2D eigenvalue weighted by atomic mass is 10.0. The number of benzene rings is 2. The molecule has 0 aliphatic carbocycles. The largest absolute Gasteiger partial charge is 0.463 e. The molecule has 11 heteroatoms. The van der Waals surface area contributed by atoms with Crippen LogP contribution < -0.4 is 14.8 Å². The smallest absolute Gasteiger partial charge is 0.240 e. The zero-order valence-electron chi connectivity index (χ0n) is 27.1. The number of aliphatic hydroxyl groups excluding tert-OH is 1. The first-order valence-electron chi connectivity index (χ1n) is 16.5. The first kappa shape index (κ1) is 35.8. The third kappa shape index (κ3) is 12.6. The quantitative estimate of drug-likeness (QED) is 0.182. The summed E-state index contributed by atoms with van der Waals surface area (Å²) in [6.07, 6.45) is 6.51. The highest BCUT2D eigenvalue weighted by Gasteiger charge is 2.27. The monoisotopic (exact) mass is 647 g/mol. The minimum atomic E-state index is -3.52. The van der Waals surface area contributed by atoms with Gasteiger partial charge in [-0.1, -0.05) is 31.0 Å². The number of ether oxygens (including phenoxy) is 4. The molecule has 4 rings (SSSR count). The lowest BCUT2D eigenvalue weighted by Gasteiger charge is -2.33. The molecule has 0 radical (unpaired) electrons. The van der Waals surface area contributed by atoms with E-state index in [9.17, 15) is 13.5 Å². The molecule has 1 atom stereocenters. The Morgan fingerprint density at radius 1 is 0.978 bits per heavy atom. The molecule has 10 nitrogen and oxygen atoms in total. The van der Waals surface area contributed by atoms with Crippen LogP contribution in [0.1, 0.15) is 75.2 Å². The van der Waals surface area contributed by atoms with E-state index in [1.807, 2.05) is 44.2 Å². The summed E-state index contributed by atoms with van der Waals surface area (Å²) in [6, 6.07) is 13.1. The predicted molar refractivity (Wildman–Crippen MR) is 175 cm³/mol. The van der Waals surface area contributed by atoms with Gasteiger partial charge in [-0.2, -0.15) is 0 Å². The molecule has 252 valence electrons. The van der Waals surface area contributed by atoms with E-state index >= 15 is 0 Å². The average molecular weight is 648 g/mol. The number of fused-ring (bicyclic) bond motifs is 1. The van der Waals surface area contributed by atoms with Gasteiger partial charge in [-0.3, -0.25) is 4.90 Å². The van der Waals surface area contributed by atoms with Crippen molar-refractivity contribution in [2.24, 2.45) is 0 Å². The van der Waals surface area contributed by atoms with Crippen molar-refractivity contribution in [3.8, 4) is 5.75 Å². The van der Waals surface area contributed by atoms with E-state index < -0.39 is 21.9 Å². The maximum absolute atomic E-state index is 12.7. The molecule has 0 amide bonds. The van der Waals surface area contributed by atoms with Gasteiger partial charge in [0.25, 0.3) is 0 Å². The van der Waals surface area contributed by atoms with E-state index in [2.05, 4.69) is 14.9 Å². The highest BCUT2D eigenvalue weighted by Crippen LogP contribution is 2.32. The Hall–Kier alpha value is -2.09. The van der Waals surface area contributed by atoms with Gasteiger partial charge in [0.15, 0.2) is 0 Å². The highest BCUT2D eigenvalue weighted by molar-refractivity contribution is 7.89. The van der Waals surface area contributed by atoms with Crippen molar-refractivity contribution in [1.29, 1.82) is 0 Å². The zero-order chi connectivity index (χ0) is 32.0. The second-order valence-electron chi connectivity index (χ2n) is 12.4. The minimum Gasteiger partial charge on any atom is -0.463 e. The molecule has 0 aromatic heterocycles. The zero-order valence-corrected chi connectivity index (χ0v) is 27.9. The number of hydrogen-bond donors (Lipinski definition) is 3. The number of sulfonamides is 1. The second-order valence-corrected chi connectivity index (χ2v) is 14.1. The van der Waals surface area contributed by atoms with Crippen LogP contribution in [0.4, 0.5) is 0 Å². The van der Waals surface area contributed by atoms with Gasteiger partial charge in [0.05, 0.1) is 30.8 Å². The van der Waals surface area contributed by atoms with E-state index in [1.165, 1.54) is 0 Å². The number of rotatable bonds is 20. The number of nitrogens with one attached hydrogen (secondary N) is 2. The summed E-state index contributed by atoms with van der Waals surface area (Å²) in [5, 5.41) is 13.9. The van der Waals surface area contributed by atoms with Crippen molar-refractivity contribution in [2.45, 2.75) is 82.2 Å². The van der Waals surface area contributed by atoms with Crippen LogP contribution in [-0.2, 0) is 37.3 Å². The summed E-state index contributed by atoms with van der Waals surface area (Å²) >= 11 is 0. The number of nitrogens with zero attached hydrogens (tertiary/aromatic N) is 1. The molecule has 0 saturated carbocycles. The normalized spacial score (nSPS) is 17.5. The van der Waals surface area contributed by atoms with Gasteiger partial charge < -0.3 is 29.4 Å². The van der Waals surface area contributed by atoms with Gasteiger partial charge in [-0.25, -0.2) is 13.1 Å². The van der Waals surface area contributed by atoms with E-state index in [-0.39, 0.29) is 0 Å². The van der Waals surface area contributed by atoms with E-state index in [0.717, 1.165) is 100 Å². The van der Waals surface area contributed by atoms with Crippen LogP contribution in [0.2, 0.25) is 0 Å². The Bertz CT molecular complexity index is 1270. The van der Waals surface area contributed by atoms with Crippen LogP contribution in [0.3, 0.4) is 0 Å². The van der Waals surface area contributed by atoms with Crippen LogP contribution in [0.15, 0.2) is 47.4 Å². The molecule has 2 aliphatic rings. The molecule has 1 fully saturated rings. The van der Waals surface area contributed by atoms with Gasteiger partial charge in [0.2, 0.25) is 15.8 Å². The van der Waals surface area contributed by atoms with Crippen molar-refractivity contribution >= 4 is 10.0 Å². The van der Waals surface area contributed by atoms with Crippen LogP contribution in [0, 0.1) is 0 Å². The topological polar surface area (TPSA) is 119 Å². The van der Waals surface area contributed by atoms with Crippen molar-refractivity contribution in [3.63, 3.8) is 0 Å². The summed E-state index contributed by atoms with van der Waals surface area (Å²) in [7, 11) is -3.52. The maximum atomic E-state index is 12.7. The van der Waals surface area contributed by atoms with Crippen LogP contribution in [0.5, 0.6) is 5.75 Å². The Labute approximate surface area is 269 Å². The standard InChI is InChI=1S/C34H53N3O7S/c1-34(2)43-27-30-25-29(13-14-33(30)44-34)32(38)26-35-15-6-3-4-7-20-41-21-8-5-10-28-11-9-12-31(24-28)45(39,40)36-16-17-37-18-22-42-23-19-37/h9,11-14,24-25,32,35-36,38H,3-8,10,15-23,26-27H2,1-2H3/t32-/m0/s1. The van der Waals surface area contributed by atoms with Crippen LogP contribution in [-0.4, -0.2) is 89.9 Å². The molecule has 2 heterocycles. The first-order chi connectivity index (χ1) is 21.7. The van der Waals surface area contributed by atoms with Crippen LogP contribution in [0.25, 0.3) is 0 Å². The molecule has 0 spiro atoms. The fourth-order valence-electron chi connectivity index (χ4n) is 5.48. The van der Waals surface area contributed by atoms with Gasteiger partial charge in [0.1, 0.15) is 5.75 Å². The van der Waals surface area contributed by atoms with Gasteiger partial charge >= 0.3 is 0 Å². The van der Waals surface area contributed by atoms with Gasteiger partial charge in [-0.15, -0.1) is 0 Å². The third-order valence-corrected chi connectivity index (χ3v) is 9.63. The summed E-state index contributed by atoms with van der Waals surface area (Å²) < 4.78 is 50.9. The summed E-state index contributed by atoms with van der Waals surface area (Å²) in [5.74, 6) is 0.200. The number of unbranched alkanes of at least 4 members (excludes halogenated alkanes) is 4. The Balaban J connectivity index is 0.977. The SMILES string of the molecule is CC1(C)OCc2cc([C@@H](O)CNCCCCCCOCCCCc3cccc(S(=O)(=O)NCCN4CCOCC4)c3)ccc2O1. The summed E-state index contributed by atoms with van der Waals surface area (Å²) in [5.41, 5.74) is 2.87. The molecule has 2 aromatic rings. The van der Waals surface area contributed by atoms with E-state index in [1.54, 1.807) is 12.1 Å². The fraction of sp³-hybridized carbons (Fsp3) is 0.647. The second kappa shape index (κ2) is 18.3. The van der Waals surface area contributed by atoms with Crippen molar-refractivity contribution < 1.29 is 32.5 Å². The number of hydrogen-bond acceptors (Lipinski definition) is 9. The summed E-state index contributed by atoms with van der Waals surface area (Å²) in [6.45, 7) is 11.3. The van der Waals surface area contributed by atoms with Crippen molar-refractivity contribution in [1.82, 2.24) is 14.9 Å². The fourth-order valence-corrected chi connectivity index (χ4v) is 6.57. The molecular weight excluding hydrogens is 594 g/mol. The molecule has 2 aromatic carbocycles. The number of aliphatic hydroxyl groups is 1. The van der Waals surface area contributed by atoms with Crippen molar-refractivity contribution in [3.05, 3.63) is 59.2 Å². The summed E-state index contributed by atoms with van der Waals surface area (Å²) in [4.78, 5) is 2.54. The Morgan fingerprint density at radius 3 is 2.58 bits per heavy atom. The third-order valence-electron chi connectivity index (χ3n) is 8.17. The van der Waals surface area contributed by atoms with E-state index in [0.29, 0.717) is 44.4 Å². The van der Waals surface area contributed by atoms with Crippen molar-refractivity contribution in [2.75, 3.05) is 65.7 Å². The highest BCUT2D eigenvalue weighted by atomic mass is 32.2. The molecular formula is C34H53N3O7S. The van der Waals surface area contributed by atoms with Gasteiger partial charge in [-0.05, 0) is 74.0 Å². The predicted octanol–water partition coefficient (Wildman–Crippen LogP) is 4.17. The molecule has 2 aliphatic heterocycles. The Morgan fingerprint density at radius 2 is 1.76 bits per heavy atom. The molecule has 0 unspecified atom stereocenters. The van der Waals surface area contributed by atoms with E-state index in [4.69, 9.17) is 18.9 Å². The molecule has 3 N–H and O–H groups in total. The van der Waals surface area contributed by atoms with Crippen LogP contribution >= 0.6 is 0 Å². The maximum Gasteiger partial charge on any atom is 0.240 e. The molecule has 45 heavy (non-hydrogen) atoms. The van der Waals surface area contributed by atoms with Gasteiger partial charge in [0, 0.05) is 65.3 Å². The Kier molecular flexibility index (Phi) is 14.5.